The van der Waals surface area contributed by atoms with Crippen molar-refractivity contribution >= 4 is 17.4 Å². The van der Waals surface area contributed by atoms with Crippen molar-refractivity contribution in [3.05, 3.63) is 34.3 Å². The molecule has 0 saturated carbocycles. The highest BCUT2D eigenvalue weighted by molar-refractivity contribution is 6.31. The van der Waals surface area contributed by atoms with Gasteiger partial charge in [0, 0.05) is 23.1 Å². The van der Waals surface area contributed by atoms with Crippen molar-refractivity contribution in [1.82, 2.24) is 0 Å². The Morgan fingerprint density at radius 1 is 1.56 bits per heavy atom. The topological polar surface area (TPSA) is 68.3 Å². The zero-order valence-electron chi connectivity index (χ0n) is 10.1. The fourth-order valence-corrected chi connectivity index (χ4v) is 2.12. The summed E-state index contributed by atoms with van der Waals surface area (Å²) in [6, 6.07) is 5.33. The van der Waals surface area contributed by atoms with Crippen LogP contribution >= 0.6 is 11.6 Å². The molecule has 0 bridgehead atoms. The Kier molecular flexibility index (Phi) is 4.58. The van der Waals surface area contributed by atoms with Crippen LogP contribution in [0.1, 0.15) is 17.5 Å². The Bertz CT molecular complexity index is 431. The van der Waals surface area contributed by atoms with Crippen molar-refractivity contribution < 1.29 is 9.47 Å². The minimum absolute atomic E-state index is 0.0208. The number of nitrogen functional groups attached to an aromatic ring is 1. The van der Waals surface area contributed by atoms with E-state index in [9.17, 15) is 0 Å². The fraction of sp³-hybridized carbons (Fsp3) is 0.462. The Labute approximate surface area is 112 Å². The van der Waals surface area contributed by atoms with Crippen LogP contribution in [0.5, 0.6) is 0 Å². The largest absolute Gasteiger partial charge is 0.384 e. The Balaban J connectivity index is 1.87. The molecule has 0 aliphatic carbocycles. The van der Waals surface area contributed by atoms with Crippen molar-refractivity contribution in [1.29, 1.82) is 5.41 Å². The molecule has 5 heteroatoms. The van der Waals surface area contributed by atoms with E-state index in [0.717, 1.165) is 25.2 Å². The molecule has 1 aromatic rings. The highest BCUT2D eigenvalue weighted by Gasteiger charge is 2.15. The lowest BCUT2D eigenvalue weighted by molar-refractivity contribution is 0.0792. The average molecular weight is 269 g/mol. The monoisotopic (exact) mass is 268 g/mol. The normalized spacial score (nSPS) is 19.1. The zero-order valence-corrected chi connectivity index (χ0v) is 10.9. The van der Waals surface area contributed by atoms with E-state index < -0.39 is 0 Å². The molecule has 1 atom stereocenters. The second kappa shape index (κ2) is 6.18. The third kappa shape index (κ3) is 3.45. The van der Waals surface area contributed by atoms with Gasteiger partial charge in [0.2, 0.25) is 0 Å². The molecule has 2 rings (SSSR count). The van der Waals surface area contributed by atoms with Gasteiger partial charge in [-0.15, -0.1) is 0 Å². The second-order valence-electron chi connectivity index (χ2n) is 4.46. The quantitative estimate of drug-likeness (QED) is 0.635. The van der Waals surface area contributed by atoms with E-state index in [1.807, 2.05) is 6.07 Å². The number of ether oxygens (including phenoxy) is 2. The summed E-state index contributed by atoms with van der Waals surface area (Å²) < 4.78 is 10.9. The lowest BCUT2D eigenvalue weighted by Gasteiger charge is -2.10. The van der Waals surface area contributed by atoms with E-state index in [4.69, 9.17) is 32.2 Å². The van der Waals surface area contributed by atoms with Crippen molar-refractivity contribution in [3.63, 3.8) is 0 Å². The minimum atomic E-state index is 0.0208. The average Bonchev–Trinajstić information content (AvgIpc) is 2.84. The smallest absolute Gasteiger partial charge is 0.122 e. The fourth-order valence-electron chi connectivity index (χ4n) is 1.88. The SMILES string of the molecule is N=C(N)c1ccc(COCC2CCOC2)c(Cl)c1. The van der Waals surface area contributed by atoms with Crippen LogP contribution in [-0.2, 0) is 16.1 Å². The van der Waals surface area contributed by atoms with Gasteiger partial charge in [-0.25, -0.2) is 0 Å². The molecule has 4 nitrogen and oxygen atoms in total. The van der Waals surface area contributed by atoms with Crippen LogP contribution in [0.15, 0.2) is 18.2 Å². The molecule has 0 aromatic heterocycles. The van der Waals surface area contributed by atoms with Crippen LogP contribution in [-0.4, -0.2) is 25.7 Å². The predicted molar refractivity (Wildman–Crippen MR) is 71.1 cm³/mol. The molecular weight excluding hydrogens is 252 g/mol. The molecule has 1 aliphatic heterocycles. The van der Waals surface area contributed by atoms with Crippen molar-refractivity contribution in [2.75, 3.05) is 19.8 Å². The first-order valence-corrected chi connectivity index (χ1v) is 6.33. The van der Waals surface area contributed by atoms with Crippen LogP contribution in [0.3, 0.4) is 0 Å². The number of nitrogens with two attached hydrogens (primary N) is 1. The summed E-state index contributed by atoms with van der Waals surface area (Å²) in [5.74, 6) is 0.521. The zero-order chi connectivity index (χ0) is 13.0. The molecular formula is C13H17ClN2O2. The van der Waals surface area contributed by atoms with Crippen molar-refractivity contribution in [2.45, 2.75) is 13.0 Å². The first-order valence-electron chi connectivity index (χ1n) is 5.95. The standard InChI is InChI=1S/C13H17ClN2O2/c14-12-5-10(13(15)16)1-2-11(12)8-18-7-9-3-4-17-6-9/h1-2,5,9H,3-4,6-8H2,(H3,15,16). The molecule has 1 fully saturated rings. The summed E-state index contributed by atoms with van der Waals surface area (Å²) >= 11 is 6.11. The molecule has 0 amide bonds. The van der Waals surface area contributed by atoms with E-state index in [1.54, 1.807) is 12.1 Å². The van der Waals surface area contributed by atoms with E-state index in [0.29, 0.717) is 29.7 Å². The number of amidine groups is 1. The number of hydrogen-bond acceptors (Lipinski definition) is 3. The highest BCUT2D eigenvalue weighted by Crippen LogP contribution is 2.20. The molecule has 1 aliphatic rings. The number of rotatable bonds is 5. The van der Waals surface area contributed by atoms with Gasteiger partial charge < -0.3 is 15.2 Å². The summed E-state index contributed by atoms with van der Waals surface area (Å²) in [6.45, 7) is 2.80. The molecule has 98 valence electrons. The maximum Gasteiger partial charge on any atom is 0.122 e. The number of halogens is 1. The van der Waals surface area contributed by atoms with Crippen molar-refractivity contribution in [2.24, 2.45) is 11.7 Å². The maximum absolute atomic E-state index is 7.33. The Morgan fingerprint density at radius 2 is 2.39 bits per heavy atom. The van der Waals surface area contributed by atoms with Gasteiger partial charge in [0.15, 0.2) is 0 Å². The van der Waals surface area contributed by atoms with E-state index in [-0.39, 0.29) is 5.84 Å². The van der Waals surface area contributed by atoms with Gasteiger partial charge in [-0.05, 0) is 18.1 Å². The van der Waals surface area contributed by atoms with E-state index in [2.05, 4.69) is 0 Å². The first kappa shape index (κ1) is 13.3. The highest BCUT2D eigenvalue weighted by atomic mass is 35.5. The van der Waals surface area contributed by atoms with E-state index in [1.165, 1.54) is 0 Å². The van der Waals surface area contributed by atoms with Crippen LogP contribution in [0.4, 0.5) is 0 Å². The summed E-state index contributed by atoms with van der Waals surface area (Å²) in [6.07, 6.45) is 1.07. The summed E-state index contributed by atoms with van der Waals surface area (Å²) in [7, 11) is 0. The summed E-state index contributed by atoms with van der Waals surface area (Å²) in [5.41, 5.74) is 6.94. The summed E-state index contributed by atoms with van der Waals surface area (Å²) in [4.78, 5) is 0. The third-order valence-electron chi connectivity index (χ3n) is 3.00. The second-order valence-corrected chi connectivity index (χ2v) is 4.87. The molecule has 1 unspecified atom stereocenters. The molecule has 3 N–H and O–H groups in total. The first-order chi connectivity index (χ1) is 8.66. The minimum Gasteiger partial charge on any atom is -0.384 e. The lowest BCUT2D eigenvalue weighted by Crippen LogP contribution is -2.12. The van der Waals surface area contributed by atoms with Crippen LogP contribution in [0.25, 0.3) is 0 Å². The molecule has 1 aromatic carbocycles. The number of benzene rings is 1. The van der Waals surface area contributed by atoms with Crippen LogP contribution in [0.2, 0.25) is 5.02 Å². The third-order valence-corrected chi connectivity index (χ3v) is 3.35. The van der Waals surface area contributed by atoms with Gasteiger partial charge >= 0.3 is 0 Å². The molecule has 18 heavy (non-hydrogen) atoms. The molecule has 1 heterocycles. The lowest BCUT2D eigenvalue weighted by atomic mass is 10.1. The van der Waals surface area contributed by atoms with E-state index >= 15 is 0 Å². The predicted octanol–water partition coefficient (Wildman–Crippen LogP) is 2.18. The van der Waals surface area contributed by atoms with Gasteiger partial charge in [0.05, 0.1) is 19.8 Å². The molecule has 0 spiro atoms. The van der Waals surface area contributed by atoms with Crippen LogP contribution < -0.4 is 5.73 Å². The van der Waals surface area contributed by atoms with Crippen molar-refractivity contribution in [3.8, 4) is 0 Å². The number of hydrogen-bond donors (Lipinski definition) is 2. The van der Waals surface area contributed by atoms with Gasteiger partial charge in [0.1, 0.15) is 5.84 Å². The Hall–Kier alpha value is -1.10. The summed E-state index contributed by atoms with van der Waals surface area (Å²) in [5, 5.41) is 7.92. The van der Waals surface area contributed by atoms with Gasteiger partial charge in [-0.3, -0.25) is 5.41 Å². The van der Waals surface area contributed by atoms with Crippen LogP contribution in [0, 0.1) is 11.3 Å². The Morgan fingerprint density at radius 3 is 3.00 bits per heavy atom. The molecule has 0 radical (unpaired) electrons. The maximum atomic E-state index is 7.33. The van der Waals surface area contributed by atoms with Gasteiger partial charge in [0.25, 0.3) is 0 Å². The number of nitrogens with one attached hydrogen (secondary N) is 1. The van der Waals surface area contributed by atoms with Gasteiger partial charge in [-0.1, -0.05) is 23.7 Å². The van der Waals surface area contributed by atoms with Gasteiger partial charge in [-0.2, -0.15) is 0 Å². The molecule has 1 saturated heterocycles.